The Morgan fingerprint density at radius 2 is 0.986 bits per heavy atom. The second-order valence-electron chi connectivity index (χ2n) is 19.6. The van der Waals surface area contributed by atoms with Crippen LogP contribution in [0.15, 0.2) is 188 Å². The molecule has 2 aromatic heterocycles. The largest absolute Gasteiger partial charge is 0.310 e. The van der Waals surface area contributed by atoms with Crippen molar-refractivity contribution in [3.05, 3.63) is 222 Å². The average molecular weight is 960 g/mol. The van der Waals surface area contributed by atoms with Gasteiger partial charge >= 0.3 is 0 Å². The summed E-state index contributed by atoms with van der Waals surface area (Å²) in [4.78, 5) is 10.0. The van der Waals surface area contributed by atoms with E-state index in [4.69, 9.17) is 4.98 Å². The molecule has 3 heterocycles. The lowest BCUT2D eigenvalue weighted by molar-refractivity contribution is 1.25. The monoisotopic (exact) mass is 959 g/mol. The first-order valence-electron chi connectivity index (χ1n) is 24.4. The number of thiophene rings is 1. The van der Waals surface area contributed by atoms with E-state index in [9.17, 15) is 10.5 Å². The number of aryl methyl sites for hydroxylation is 4. The van der Waals surface area contributed by atoms with Crippen molar-refractivity contribution in [2.24, 2.45) is 0 Å². The third-order valence-corrected chi connectivity index (χ3v) is 19.7. The summed E-state index contributed by atoms with van der Waals surface area (Å²) in [6.45, 7) is 13.6. The van der Waals surface area contributed by atoms with Crippen LogP contribution in [-0.2, 0) is 0 Å². The van der Waals surface area contributed by atoms with Gasteiger partial charge in [-0.15, -0.1) is 11.3 Å². The van der Waals surface area contributed by atoms with Gasteiger partial charge in [-0.2, -0.15) is 10.5 Å². The molecule has 0 amide bonds. The first-order chi connectivity index (χ1) is 35.0. The highest BCUT2D eigenvalue weighted by molar-refractivity contribution is 7.26. The molecule has 1 aliphatic rings. The van der Waals surface area contributed by atoms with E-state index in [-0.39, 0.29) is 0 Å². The minimum Gasteiger partial charge on any atom is -0.310 e. The fraction of sp³-hybridized carbons (Fsp3) is 0.0923. The van der Waals surface area contributed by atoms with E-state index < -0.39 is 8.07 Å². The molecule has 0 saturated heterocycles. The Hall–Kier alpha value is -8.59. The average Bonchev–Trinajstić information content (AvgIpc) is 3.79. The molecular formula is C65H49N5SSi. The molecule has 0 spiro atoms. The molecule has 12 rings (SSSR count). The minimum absolute atomic E-state index is 0.626. The summed E-state index contributed by atoms with van der Waals surface area (Å²) in [5.41, 5.74) is 19.2. The van der Waals surface area contributed by atoms with E-state index in [1.807, 2.05) is 41.8 Å². The molecule has 0 unspecified atom stereocenters. The van der Waals surface area contributed by atoms with Crippen LogP contribution in [0.2, 0.25) is 13.1 Å². The van der Waals surface area contributed by atoms with Crippen LogP contribution in [-0.4, -0.2) is 13.1 Å². The molecule has 1 aliphatic heterocycles. The Morgan fingerprint density at radius 3 is 1.65 bits per heavy atom. The van der Waals surface area contributed by atoms with E-state index in [1.54, 1.807) is 0 Å². The Labute approximate surface area is 425 Å². The summed E-state index contributed by atoms with van der Waals surface area (Å²) in [6.07, 6.45) is 1.96. The molecular weight excluding hydrogens is 911 g/mol. The summed E-state index contributed by atoms with van der Waals surface area (Å²) in [7, 11) is -2.45. The number of fused-ring (bicyclic) bond motifs is 12. The second kappa shape index (κ2) is 17.4. The molecule has 0 fully saturated rings. The van der Waals surface area contributed by atoms with Gasteiger partial charge in [-0.05, 0) is 197 Å². The van der Waals surface area contributed by atoms with E-state index >= 15 is 0 Å². The Balaban J connectivity index is 1.15. The van der Waals surface area contributed by atoms with Crippen LogP contribution in [0.25, 0.3) is 64.5 Å². The molecule has 72 heavy (non-hydrogen) atoms. The molecule has 7 heteroatoms. The van der Waals surface area contributed by atoms with Crippen LogP contribution in [0, 0.1) is 50.4 Å². The maximum atomic E-state index is 9.78. The van der Waals surface area contributed by atoms with Crippen molar-refractivity contribution in [2.45, 2.75) is 40.8 Å². The van der Waals surface area contributed by atoms with E-state index in [2.05, 4.69) is 220 Å². The van der Waals surface area contributed by atoms with Crippen molar-refractivity contribution >= 4 is 94.9 Å². The van der Waals surface area contributed by atoms with E-state index in [0.29, 0.717) is 11.1 Å². The maximum Gasteiger partial charge on any atom is 0.115 e. The number of hydrogen-bond donors (Lipinski definition) is 0. The van der Waals surface area contributed by atoms with Crippen LogP contribution >= 0.6 is 11.3 Å². The number of anilines is 6. The van der Waals surface area contributed by atoms with Crippen LogP contribution in [0.3, 0.4) is 0 Å². The van der Waals surface area contributed by atoms with Crippen LogP contribution in [0.1, 0.15) is 33.4 Å². The van der Waals surface area contributed by atoms with Gasteiger partial charge in [-0.1, -0.05) is 85.9 Å². The molecule has 0 saturated carbocycles. The molecule has 9 aromatic carbocycles. The fourth-order valence-corrected chi connectivity index (χ4v) is 15.1. The topological polar surface area (TPSA) is 67.0 Å². The summed E-state index contributed by atoms with van der Waals surface area (Å²) in [5, 5.41) is 27.0. The van der Waals surface area contributed by atoms with Gasteiger partial charge in [0, 0.05) is 65.8 Å². The number of pyridine rings is 1. The van der Waals surface area contributed by atoms with Gasteiger partial charge in [0.25, 0.3) is 0 Å². The maximum absolute atomic E-state index is 9.78. The van der Waals surface area contributed by atoms with E-state index in [0.717, 1.165) is 61.9 Å². The Morgan fingerprint density at radius 1 is 0.431 bits per heavy atom. The summed E-state index contributed by atoms with van der Waals surface area (Å²) in [5.74, 6) is 0. The summed E-state index contributed by atoms with van der Waals surface area (Å²) >= 11 is 1.84. The zero-order valence-electron chi connectivity index (χ0n) is 41.0. The zero-order valence-corrected chi connectivity index (χ0v) is 42.9. The molecule has 11 aromatic rings. The predicted octanol–water partition coefficient (Wildman–Crippen LogP) is 16.7. The second-order valence-corrected chi connectivity index (χ2v) is 25.0. The lowest BCUT2D eigenvalue weighted by Crippen LogP contribution is -2.54. The quantitative estimate of drug-likeness (QED) is 0.155. The normalized spacial score (nSPS) is 12.4. The van der Waals surface area contributed by atoms with Crippen molar-refractivity contribution in [3.8, 4) is 45.6 Å². The van der Waals surface area contributed by atoms with Crippen LogP contribution in [0.5, 0.6) is 0 Å². The highest BCUT2D eigenvalue weighted by atomic mass is 32.1. The number of benzene rings is 9. The summed E-state index contributed by atoms with van der Waals surface area (Å²) in [6, 6.07) is 70.3. The first kappa shape index (κ1) is 44.6. The Bertz CT molecular complexity index is 4100. The Kier molecular flexibility index (Phi) is 10.8. The highest BCUT2D eigenvalue weighted by Gasteiger charge is 2.35. The van der Waals surface area contributed by atoms with Crippen molar-refractivity contribution in [1.29, 1.82) is 10.5 Å². The predicted molar refractivity (Wildman–Crippen MR) is 305 cm³/mol. The highest BCUT2D eigenvalue weighted by Crippen LogP contribution is 2.51. The number of rotatable bonds is 6. The van der Waals surface area contributed by atoms with Gasteiger partial charge < -0.3 is 9.80 Å². The molecule has 0 radical (unpaired) electrons. The zero-order chi connectivity index (χ0) is 49.4. The van der Waals surface area contributed by atoms with Crippen LogP contribution in [0.4, 0.5) is 34.1 Å². The van der Waals surface area contributed by atoms with Crippen molar-refractivity contribution in [2.75, 3.05) is 9.80 Å². The third-order valence-electron chi connectivity index (χ3n) is 15.0. The minimum atomic E-state index is -2.45. The lowest BCUT2D eigenvalue weighted by atomic mass is 9.88. The molecule has 0 aliphatic carbocycles. The van der Waals surface area contributed by atoms with Gasteiger partial charge in [0.15, 0.2) is 0 Å². The van der Waals surface area contributed by atoms with Gasteiger partial charge in [0.05, 0.1) is 34.6 Å². The number of hydrogen-bond acceptors (Lipinski definition) is 6. The molecule has 344 valence electrons. The van der Waals surface area contributed by atoms with Gasteiger partial charge in [0.2, 0.25) is 0 Å². The molecule has 0 bridgehead atoms. The summed E-state index contributed by atoms with van der Waals surface area (Å²) < 4.78 is 2.40. The van der Waals surface area contributed by atoms with Crippen molar-refractivity contribution < 1.29 is 0 Å². The standard InChI is InChI=1S/C65H49N5SSi/c1-40-17-23-48(32-42(40)3)69(46-25-19-44(38-66)20-26-46)50-29-30-51-55(34-50)53-13-9-10-15-62(53)72(5,6)63-16-11-31-68-65(63)57-35-58-60(36-56(51)57)71-61-37-59(52-12-7-8-14-54(52)64(58)61)70(47-27-21-45(39-67)22-28-47)49-24-18-41(2)43(4)33-49/h7-37H,1-6H3. The van der Waals surface area contributed by atoms with Gasteiger partial charge in [-0.3, -0.25) is 4.98 Å². The van der Waals surface area contributed by atoms with Gasteiger partial charge in [-0.25, -0.2) is 0 Å². The first-order valence-corrected chi connectivity index (χ1v) is 28.2. The van der Waals surface area contributed by atoms with Gasteiger partial charge in [0.1, 0.15) is 8.07 Å². The SMILES string of the molecule is Cc1ccc(N(c2ccc(C#N)cc2)c2ccc3c(c2)-c2ccccc2[Si](C)(C)c2cccnc2-c2cc4c(cc2-3)sc2cc(N(c3ccc(C#N)cc3)c3ccc(C)c(C)c3)c3ccccc3c24)cc1C. The fourth-order valence-electron chi connectivity index (χ4n) is 10.9. The van der Waals surface area contributed by atoms with E-state index in [1.165, 1.54) is 69.3 Å². The number of nitrogens with zero attached hydrogens (tertiary/aromatic N) is 5. The van der Waals surface area contributed by atoms with Crippen molar-refractivity contribution in [1.82, 2.24) is 4.98 Å². The smallest absolute Gasteiger partial charge is 0.115 e. The lowest BCUT2D eigenvalue weighted by Gasteiger charge is -2.29. The number of nitriles is 2. The van der Waals surface area contributed by atoms with Crippen molar-refractivity contribution in [3.63, 3.8) is 0 Å². The number of aromatic nitrogens is 1. The molecule has 0 atom stereocenters. The molecule has 0 N–H and O–H groups in total. The van der Waals surface area contributed by atoms with Crippen LogP contribution < -0.4 is 20.2 Å². The molecule has 5 nitrogen and oxygen atoms in total. The third kappa shape index (κ3) is 7.28.